The molecule has 1 saturated heterocycles. The third kappa shape index (κ3) is 3.95. The maximum atomic E-state index is 12.5. The Labute approximate surface area is 177 Å². The zero-order chi connectivity index (χ0) is 21.1. The Kier molecular flexibility index (Phi) is 5.58. The summed E-state index contributed by atoms with van der Waals surface area (Å²) in [4.78, 5) is 38.5. The lowest BCUT2D eigenvalue weighted by atomic mass is 10.1. The summed E-state index contributed by atoms with van der Waals surface area (Å²) in [7, 11) is 0. The molecule has 0 aliphatic carbocycles. The molecule has 0 saturated carbocycles. The van der Waals surface area contributed by atoms with E-state index in [0.717, 1.165) is 33.1 Å². The molecular formula is C22H19N3O4S. The Bertz CT molecular complexity index is 1160. The first-order valence-corrected chi connectivity index (χ1v) is 10.1. The number of rotatable bonds is 7. The summed E-state index contributed by atoms with van der Waals surface area (Å²) in [5.74, 6) is 0.180. The van der Waals surface area contributed by atoms with Crippen LogP contribution in [0.2, 0.25) is 0 Å². The molecule has 7 nitrogen and oxygen atoms in total. The van der Waals surface area contributed by atoms with Gasteiger partial charge in [-0.1, -0.05) is 24.3 Å². The van der Waals surface area contributed by atoms with Crippen molar-refractivity contribution in [1.29, 1.82) is 0 Å². The largest absolute Gasteiger partial charge is 0.467 e. The van der Waals surface area contributed by atoms with E-state index in [2.05, 4.69) is 11.9 Å². The monoisotopic (exact) mass is 421 g/mol. The van der Waals surface area contributed by atoms with Crippen molar-refractivity contribution in [3.63, 3.8) is 0 Å². The van der Waals surface area contributed by atoms with E-state index in [4.69, 9.17) is 4.42 Å². The number of furan rings is 1. The molecule has 0 radical (unpaired) electrons. The molecule has 4 rings (SSSR count). The maximum absolute atomic E-state index is 12.5. The minimum atomic E-state index is -0.335. The van der Waals surface area contributed by atoms with Crippen LogP contribution in [-0.4, -0.2) is 33.1 Å². The van der Waals surface area contributed by atoms with Gasteiger partial charge in [-0.15, -0.1) is 6.58 Å². The fraction of sp³-hybridized carbons (Fsp3) is 0.136. The topological polar surface area (TPSA) is 84.6 Å². The van der Waals surface area contributed by atoms with Crippen molar-refractivity contribution in [3.05, 3.63) is 77.7 Å². The van der Waals surface area contributed by atoms with E-state index in [-0.39, 0.29) is 30.1 Å². The van der Waals surface area contributed by atoms with E-state index in [1.807, 2.05) is 35.0 Å². The molecule has 8 heteroatoms. The van der Waals surface area contributed by atoms with Gasteiger partial charge in [0.1, 0.15) is 12.3 Å². The van der Waals surface area contributed by atoms with E-state index in [1.165, 1.54) is 6.08 Å². The number of amides is 3. The number of thioether (sulfide) groups is 1. The van der Waals surface area contributed by atoms with E-state index in [9.17, 15) is 14.4 Å². The standard InChI is InChI=1S/C22H19N3O4S/c1-2-9-25-21(27)19(30-22(25)28)11-15-13-24(18-8-4-3-7-17(15)18)14-20(26)23-12-16-6-5-10-29-16/h2-8,10-11,13H,1,9,12,14H2,(H,23,26)/b19-11-. The van der Waals surface area contributed by atoms with Crippen molar-refractivity contribution in [2.75, 3.05) is 6.54 Å². The maximum Gasteiger partial charge on any atom is 0.293 e. The molecule has 1 aliphatic rings. The second-order valence-corrected chi connectivity index (χ2v) is 7.66. The molecule has 2 aromatic heterocycles. The highest BCUT2D eigenvalue weighted by Gasteiger charge is 2.34. The van der Waals surface area contributed by atoms with Gasteiger partial charge in [0.15, 0.2) is 0 Å². The van der Waals surface area contributed by atoms with Crippen LogP contribution in [0.4, 0.5) is 4.79 Å². The highest BCUT2D eigenvalue weighted by molar-refractivity contribution is 8.18. The number of carbonyl (C=O) groups is 3. The average Bonchev–Trinajstić information content (AvgIpc) is 3.44. The van der Waals surface area contributed by atoms with Gasteiger partial charge >= 0.3 is 0 Å². The van der Waals surface area contributed by atoms with Crippen LogP contribution in [0.25, 0.3) is 17.0 Å². The van der Waals surface area contributed by atoms with Gasteiger partial charge in [0.2, 0.25) is 5.91 Å². The summed E-state index contributed by atoms with van der Waals surface area (Å²) in [6, 6.07) is 11.2. The highest BCUT2D eigenvalue weighted by Crippen LogP contribution is 2.34. The zero-order valence-electron chi connectivity index (χ0n) is 16.0. The second kappa shape index (κ2) is 8.46. The van der Waals surface area contributed by atoms with Gasteiger partial charge in [-0.2, -0.15) is 0 Å². The number of para-hydroxylation sites is 1. The first kappa shape index (κ1) is 19.8. The number of carbonyl (C=O) groups excluding carboxylic acids is 3. The van der Waals surface area contributed by atoms with Gasteiger partial charge in [0, 0.05) is 29.2 Å². The molecule has 1 aromatic carbocycles. The number of benzene rings is 1. The molecular weight excluding hydrogens is 402 g/mol. The first-order chi connectivity index (χ1) is 14.6. The van der Waals surface area contributed by atoms with Crippen molar-refractivity contribution in [2.45, 2.75) is 13.1 Å². The van der Waals surface area contributed by atoms with Crippen LogP contribution in [0.3, 0.4) is 0 Å². The van der Waals surface area contributed by atoms with Crippen LogP contribution in [0.5, 0.6) is 0 Å². The van der Waals surface area contributed by atoms with Gasteiger partial charge < -0.3 is 14.3 Å². The molecule has 0 unspecified atom stereocenters. The Morgan fingerprint density at radius 2 is 2.03 bits per heavy atom. The second-order valence-electron chi connectivity index (χ2n) is 6.67. The van der Waals surface area contributed by atoms with Crippen LogP contribution in [0.1, 0.15) is 11.3 Å². The number of nitrogens with one attached hydrogen (secondary N) is 1. The summed E-state index contributed by atoms with van der Waals surface area (Å²) in [6.07, 6.45) is 6.60. The smallest absolute Gasteiger partial charge is 0.293 e. The Morgan fingerprint density at radius 3 is 2.80 bits per heavy atom. The SMILES string of the molecule is C=CCN1C(=O)S/C(=C\c2cn(CC(=O)NCc3ccco3)c3ccccc23)C1=O. The van der Waals surface area contributed by atoms with Crippen molar-refractivity contribution < 1.29 is 18.8 Å². The van der Waals surface area contributed by atoms with Gasteiger partial charge in [-0.05, 0) is 36.0 Å². The van der Waals surface area contributed by atoms with E-state index in [0.29, 0.717) is 17.2 Å². The lowest BCUT2D eigenvalue weighted by Gasteiger charge is -2.07. The fourth-order valence-electron chi connectivity index (χ4n) is 3.26. The Balaban J connectivity index is 1.58. The molecule has 1 aliphatic heterocycles. The number of aromatic nitrogens is 1. The number of hydrogen-bond acceptors (Lipinski definition) is 5. The van der Waals surface area contributed by atoms with E-state index in [1.54, 1.807) is 24.5 Å². The lowest BCUT2D eigenvalue weighted by molar-refractivity contribution is -0.123. The van der Waals surface area contributed by atoms with Crippen LogP contribution < -0.4 is 5.32 Å². The summed E-state index contributed by atoms with van der Waals surface area (Å²) in [5, 5.41) is 3.41. The Hall–Kier alpha value is -3.52. The summed E-state index contributed by atoms with van der Waals surface area (Å²) >= 11 is 0.907. The molecule has 30 heavy (non-hydrogen) atoms. The highest BCUT2D eigenvalue weighted by atomic mass is 32.2. The molecule has 1 N–H and O–H groups in total. The molecule has 1 fully saturated rings. The quantitative estimate of drug-likeness (QED) is 0.464. The normalized spacial score (nSPS) is 15.3. The van der Waals surface area contributed by atoms with Gasteiger partial charge in [0.25, 0.3) is 11.1 Å². The molecule has 152 valence electrons. The van der Waals surface area contributed by atoms with Crippen molar-refractivity contribution in [2.24, 2.45) is 0 Å². The number of hydrogen-bond donors (Lipinski definition) is 1. The summed E-state index contributed by atoms with van der Waals surface area (Å²) < 4.78 is 7.05. The molecule has 3 amide bonds. The minimum Gasteiger partial charge on any atom is -0.467 e. The molecule has 0 bridgehead atoms. The van der Waals surface area contributed by atoms with E-state index >= 15 is 0 Å². The third-order valence-electron chi connectivity index (χ3n) is 4.65. The minimum absolute atomic E-state index is 0.118. The van der Waals surface area contributed by atoms with Gasteiger partial charge in [-0.3, -0.25) is 19.3 Å². The van der Waals surface area contributed by atoms with Crippen LogP contribution >= 0.6 is 11.8 Å². The fourth-order valence-corrected chi connectivity index (χ4v) is 4.10. The predicted molar refractivity (Wildman–Crippen MR) is 115 cm³/mol. The van der Waals surface area contributed by atoms with Crippen LogP contribution in [0, 0.1) is 0 Å². The first-order valence-electron chi connectivity index (χ1n) is 9.30. The third-order valence-corrected chi connectivity index (χ3v) is 5.55. The van der Waals surface area contributed by atoms with Crippen molar-refractivity contribution in [3.8, 4) is 0 Å². The average molecular weight is 421 g/mol. The van der Waals surface area contributed by atoms with Crippen molar-refractivity contribution >= 4 is 45.8 Å². The predicted octanol–water partition coefficient (Wildman–Crippen LogP) is 3.77. The van der Waals surface area contributed by atoms with Gasteiger partial charge in [-0.25, -0.2) is 0 Å². The zero-order valence-corrected chi connectivity index (χ0v) is 16.9. The summed E-state index contributed by atoms with van der Waals surface area (Å²) in [6.45, 7) is 4.20. The lowest BCUT2D eigenvalue weighted by Crippen LogP contribution is -2.27. The molecule has 0 spiro atoms. The van der Waals surface area contributed by atoms with Crippen LogP contribution in [-0.2, 0) is 22.7 Å². The van der Waals surface area contributed by atoms with Crippen LogP contribution in [0.15, 0.2) is 70.8 Å². The molecule has 3 heterocycles. The van der Waals surface area contributed by atoms with Crippen molar-refractivity contribution in [1.82, 2.24) is 14.8 Å². The van der Waals surface area contributed by atoms with Gasteiger partial charge in [0.05, 0.1) is 17.7 Å². The Morgan fingerprint density at radius 1 is 1.20 bits per heavy atom. The number of imide groups is 1. The number of nitrogens with zero attached hydrogens (tertiary/aromatic N) is 2. The van der Waals surface area contributed by atoms with E-state index < -0.39 is 0 Å². The molecule has 0 atom stereocenters. The number of fused-ring (bicyclic) bond motifs is 1. The summed E-state index contributed by atoms with van der Waals surface area (Å²) in [5.41, 5.74) is 1.63. The molecule has 3 aromatic rings.